The zero-order valence-electron chi connectivity index (χ0n) is 17.6. The van der Waals surface area contributed by atoms with E-state index in [1.807, 2.05) is 37.3 Å². The maximum atomic E-state index is 12.3. The molecular formula is C21H26ClN5O3S. The van der Waals surface area contributed by atoms with Crippen LogP contribution in [-0.4, -0.2) is 61.2 Å². The van der Waals surface area contributed by atoms with Crippen molar-refractivity contribution in [3.63, 3.8) is 0 Å². The fourth-order valence-corrected chi connectivity index (χ4v) is 4.17. The van der Waals surface area contributed by atoms with E-state index in [0.717, 1.165) is 0 Å². The maximum Gasteiger partial charge on any atom is 0.270 e. The van der Waals surface area contributed by atoms with Gasteiger partial charge in [0.05, 0.1) is 6.54 Å². The van der Waals surface area contributed by atoms with Gasteiger partial charge in [-0.3, -0.25) is 5.01 Å². The number of hydrogen-bond donors (Lipinski definition) is 2. The predicted molar refractivity (Wildman–Crippen MR) is 123 cm³/mol. The molecule has 0 spiro atoms. The molecule has 1 aliphatic rings. The Kier molecular flexibility index (Phi) is 7.00. The number of sulfonamides is 1. The molecule has 166 valence electrons. The molecule has 0 saturated heterocycles. The van der Waals surface area contributed by atoms with Crippen LogP contribution < -0.4 is 5.32 Å². The highest BCUT2D eigenvalue weighted by molar-refractivity contribution is 7.90. The van der Waals surface area contributed by atoms with Crippen molar-refractivity contribution in [3.8, 4) is 0 Å². The van der Waals surface area contributed by atoms with E-state index in [9.17, 15) is 13.5 Å². The van der Waals surface area contributed by atoms with E-state index in [0.29, 0.717) is 28.4 Å². The summed E-state index contributed by atoms with van der Waals surface area (Å²) in [5.74, 6) is 0. The first-order valence-electron chi connectivity index (χ1n) is 9.83. The van der Waals surface area contributed by atoms with Crippen molar-refractivity contribution in [2.24, 2.45) is 9.50 Å². The van der Waals surface area contributed by atoms with Crippen molar-refractivity contribution < 1.29 is 13.5 Å². The summed E-state index contributed by atoms with van der Waals surface area (Å²) in [7, 11) is -2.11. The Balaban J connectivity index is 1.93. The summed E-state index contributed by atoms with van der Waals surface area (Å²) in [6.45, 7) is 3.96. The molecule has 2 N–H and O–H groups in total. The quantitative estimate of drug-likeness (QED) is 0.461. The minimum atomic E-state index is -3.73. The van der Waals surface area contributed by atoms with Gasteiger partial charge >= 0.3 is 0 Å². The van der Waals surface area contributed by atoms with Gasteiger partial charge in [0.25, 0.3) is 10.0 Å². The Bertz CT molecular complexity index is 1060. The molecular weight excluding hydrogens is 438 g/mol. The van der Waals surface area contributed by atoms with Gasteiger partial charge < -0.3 is 10.4 Å². The van der Waals surface area contributed by atoms with Crippen molar-refractivity contribution >= 4 is 33.7 Å². The number of β-amino-alcohol motifs (C(OH)–C–C–N with tert-alkyl or cyclic N) is 1. The number of nitrogens with zero attached hydrogens (tertiary/aromatic N) is 4. The van der Waals surface area contributed by atoms with Crippen LogP contribution in [0, 0.1) is 0 Å². The third-order valence-electron chi connectivity index (χ3n) is 5.01. The summed E-state index contributed by atoms with van der Waals surface area (Å²) < 4.78 is 28.4. The Morgan fingerprint density at radius 2 is 1.94 bits per heavy atom. The Morgan fingerprint density at radius 3 is 2.55 bits per heavy atom. The summed E-state index contributed by atoms with van der Waals surface area (Å²) in [5, 5.41) is 21.7. The van der Waals surface area contributed by atoms with Crippen molar-refractivity contribution in [3.05, 3.63) is 70.7 Å². The van der Waals surface area contributed by atoms with E-state index in [2.05, 4.69) is 14.8 Å². The number of hydrazone groups is 1. The molecule has 0 bridgehead atoms. The van der Waals surface area contributed by atoms with Crippen LogP contribution in [0.15, 0.2) is 64.1 Å². The second kappa shape index (κ2) is 9.35. The Hall–Kier alpha value is -2.46. The number of benzene rings is 2. The lowest BCUT2D eigenvalue weighted by Crippen LogP contribution is -2.43. The molecule has 2 atom stereocenters. The third-order valence-corrected chi connectivity index (χ3v) is 6.71. The monoisotopic (exact) mass is 463 g/mol. The van der Waals surface area contributed by atoms with Crippen LogP contribution in [-0.2, 0) is 15.6 Å². The van der Waals surface area contributed by atoms with Gasteiger partial charge in [0.15, 0.2) is 5.60 Å². The smallest absolute Gasteiger partial charge is 0.270 e. The zero-order chi connectivity index (χ0) is 22.6. The van der Waals surface area contributed by atoms with E-state index in [4.69, 9.17) is 11.6 Å². The van der Waals surface area contributed by atoms with E-state index in [1.54, 1.807) is 31.3 Å². The van der Waals surface area contributed by atoms with Crippen LogP contribution >= 0.6 is 11.6 Å². The third kappa shape index (κ3) is 5.07. The van der Waals surface area contributed by atoms with E-state index < -0.39 is 21.0 Å². The van der Waals surface area contributed by atoms with Crippen LogP contribution in [0.3, 0.4) is 0 Å². The van der Waals surface area contributed by atoms with E-state index >= 15 is 0 Å². The molecule has 0 saturated carbocycles. The molecule has 1 heterocycles. The first-order chi connectivity index (χ1) is 14.7. The summed E-state index contributed by atoms with van der Waals surface area (Å²) in [6, 6.07) is 16.2. The molecule has 2 unspecified atom stereocenters. The van der Waals surface area contributed by atoms with Gasteiger partial charge in [0, 0.05) is 17.6 Å². The summed E-state index contributed by atoms with van der Waals surface area (Å²) in [5.41, 5.74) is 0.397. The molecule has 2 aromatic carbocycles. The first kappa shape index (κ1) is 23.2. The Morgan fingerprint density at radius 1 is 1.29 bits per heavy atom. The number of aliphatic hydroxyl groups is 1. The van der Waals surface area contributed by atoms with Crippen LogP contribution in [0.2, 0.25) is 5.02 Å². The van der Waals surface area contributed by atoms with Crippen molar-refractivity contribution in [2.45, 2.75) is 24.8 Å². The topological polar surface area (TPSA) is 97.6 Å². The highest BCUT2D eigenvalue weighted by atomic mass is 35.5. The fourth-order valence-electron chi connectivity index (χ4n) is 3.22. The molecule has 0 amide bonds. The lowest BCUT2D eigenvalue weighted by molar-refractivity contribution is 0.0174. The first-order valence-corrected chi connectivity index (χ1v) is 11.7. The summed E-state index contributed by atoms with van der Waals surface area (Å²) in [6.07, 6.45) is 1.18. The summed E-state index contributed by atoms with van der Waals surface area (Å²) in [4.78, 5) is 0. The minimum Gasteiger partial charge on any atom is -0.377 e. The molecule has 0 fully saturated rings. The number of hydrogen-bond acceptors (Lipinski definition) is 6. The zero-order valence-corrected chi connectivity index (χ0v) is 19.2. The lowest BCUT2D eigenvalue weighted by Gasteiger charge is -2.28. The van der Waals surface area contributed by atoms with Gasteiger partial charge in [-0.05, 0) is 31.2 Å². The molecule has 0 radical (unpaired) electrons. The average Bonchev–Trinajstić information content (AvgIpc) is 3.12. The normalized spacial score (nSPS) is 20.2. The highest BCUT2D eigenvalue weighted by Crippen LogP contribution is 2.33. The van der Waals surface area contributed by atoms with Crippen molar-refractivity contribution in [2.75, 3.05) is 20.1 Å². The SMILES string of the molecule is CCNC(C)S(=O)(=O)/N=C/N(C)N1CC(O)(c2ccccc2)C(c2ccc(Cl)cc2)=N1. The van der Waals surface area contributed by atoms with Gasteiger partial charge in [-0.25, -0.2) is 13.5 Å². The maximum absolute atomic E-state index is 12.3. The van der Waals surface area contributed by atoms with Crippen molar-refractivity contribution in [1.82, 2.24) is 15.4 Å². The lowest BCUT2D eigenvalue weighted by atomic mass is 9.86. The number of halogens is 1. The number of hydrazine groups is 1. The largest absolute Gasteiger partial charge is 0.377 e. The van der Waals surface area contributed by atoms with Crippen LogP contribution in [0.1, 0.15) is 25.0 Å². The van der Waals surface area contributed by atoms with Crippen LogP contribution in [0.4, 0.5) is 0 Å². The van der Waals surface area contributed by atoms with Gasteiger partial charge in [0.1, 0.15) is 17.4 Å². The molecule has 8 nitrogen and oxygen atoms in total. The predicted octanol–water partition coefficient (Wildman–Crippen LogP) is 2.41. The molecule has 0 aliphatic carbocycles. The fraction of sp³-hybridized carbons (Fsp3) is 0.333. The molecule has 1 aliphatic heterocycles. The molecule has 2 aromatic rings. The van der Waals surface area contributed by atoms with Crippen molar-refractivity contribution in [1.29, 1.82) is 0 Å². The second-order valence-electron chi connectivity index (χ2n) is 7.22. The average molecular weight is 464 g/mol. The second-order valence-corrected chi connectivity index (χ2v) is 9.61. The van der Waals surface area contributed by atoms with Gasteiger partial charge in [-0.1, -0.05) is 61.0 Å². The Labute approximate surface area is 187 Å². The molecule has 3 rings (SSSR count). The highest BCUT2D eigenvalue weighted by Gasteiger charge is 2.44. The molecule has 0 aromatic heterocycles. The minimum absolute atomic E-state index is 0.0836. The van der Waals surface area contributed by atoms with Gasteiger partial charge in [0.2, 0.25) is 0 Å². The standard InChI is InChI=1S/C21H26ClN5O3S/c1-4-23-16(2)31(29,30)24-15-26(3)27-14-21(28,18-8-6-5-7-9-18)20(25-27)17-10-12-19(22)13-11-17/h5-13,15-16,23,28H,4,14H2,1-3H3/b24-15+. The van der Waals surface area contributed by atoms with Crippen LogP contribution in [0.25, 0.3) is 0 Å². The molecule has 31 heavy (non-hydrogen) atoms. The van der Waals surface area contributed by atoms with E-state index in [-0.39, 0.29) is 6.54 Å². The molecule has 10 heteroatoms. The number of rotatable bonds is 8. The van der Waals surface area contributed by atoms with Gasteiger partial charge in [-0.2, -0.15) is 9.50 Å². The van der Waals surface area contributed by atoms with Crippen LogP contribution in [0.5, 0.6) is 0 Å². The van der Waals surface area contributed by atoms with E-state index in [1.165, 1.54) is 23.4 Å². The number of nitrogens with one attached hydrogen (secondary N) is 1. The van der Waals surface area contributed by atoms with Gasteiger partial charge in [-0.15, -0.1) is 0 Å². The summed E-state index contributed by atoms with van der Waals surface area (Å²) >= 11 is 6.02.